The van der Waals surface area contributed by atoms with E-state index in [2.05, 4.69) is 10.6 Å². The molecule has 3 N–H and O–H groups in total. The van der Waals surface area contributed by atoms with E-state index in [-0.39, 0.29) is 24.2 Å². The van der Waals surface area contributed by atoms with Gasteiger partial charge in [0.05, 0.1) is 18.8 Å². The molecule has 1 aromatic rings. The van der Waals surface area contributed by atoms with Gasteiger partial charge < -0.3 is 20.5 Å². The van der Waals surface area contributed by atoms with Crippen molar-refractivity contribution in [2.24, 2.45) is 5.92 Å². The summed E-state index contributed by atoms with van der Waals surface area (Å²) < 4.78 is 5.63. The van der Waals surface area contributed by atoms with Crippen molar-refractivity contribution in [1.82, 2.24) is 5.32 Å². The summed E-state index contributed by atoms with van der Waals surface area (Å²) in [6, 6.07) is 5.57. The monoisotopic (exact) mass is 322 g/mol. The molecule has 2 amide bonds. The standard InChI is InChI=1S/C18H30N2O3/c1-12(2)23-11-16-7-6-8-17(15(16)5)20-18(22)19-10-13(3)9-14(4)21/h6-8,12-14,21H,9-11H2,1-5H3,(H2,19,20,22). The fourth-order valence-electron chi connectivity index (χ4n) is 2.33. The second kappa shape index (κ2) is 9.53. The number of benzene rings is 1. The molecule has 0 aliphatic carbocycles. The van der Waals surface area contributed by atoms with E-state index in [1.807, 2.05) is 45.9 Å². The number of urea groups is 1. The maximum absolute atomic E-state index is 12.0. The molecule has 0 aliphatic rings. The number of rotatable bonds is 8. The molecule has 5 nitrogen and oxygen atoms in total. The van der Waals surface area contributed by atoms with Crippen molar-refractivity contribution in [1.29, 1.82) is 0 Å². The van der Waals surface area contributed by atoms with Crippen molar-refractivity contribution >= 4 is 11.7 Å². The number of aliphatic hydroxyl groups is 1. The van der Waals surface area contributed by atoms with E-state index in [9.17, 15) is 9.90 Å². The van der Waals surface area contributed by atoms with Crippen LogP contribution in [0.15, 0.2) is 18.2 Å². The highest BCUT2D eigenvalue weighted by Crippen LogP contribution is 2.20. The van der Waals surface area contributed by atoms with Crippen LogP contribution in [0.25, 0.3) is 0 Å². The number of nitrogens with one attached hydrogen (secondary N) is 2. The SMILES string of the molecule is Cc1c(COC(C)C)cccc1NC(=O)NCC(C)CC(C)O. The Kier molecular flexibility index (Phi) is 8.06. The molecule has 0 bridgehead atoms. The number of amides is 2. The third-order valence-corrected chi connectivity index (χ3v) is 3.62. The van der Waals surface area contributed by atoms with E-state index in [1.165, 1.54) is 0 Å². The molecule has 1 aromatic carbocycles. The minimum absolute atomic E-state index is 0.171. The lowest BCUT2D eigenvalue weighted by Crippen LogP contribution is -2.33. The number of aliphatic hydroxyl groups excluding tert-OH is 1. The van der Waals surface area contributed by atoms with Crippen molar-refractivity contribution in [3.05, 3.63) is 29.3 Å². The first kappa shape index (κ1) is 19.5. The van der Waals surface area contributed by atoms with Gasteiger partial charge in [0.2, 0.25) is 0 Å². The number of carbonyl (C=O) groups is 1. The number of carbonyl (C=O) groups excluding carboxylic acids is 1. The maximum atomic E-state index is 12.0. The Hall–Kier alpha value is -1.59. The summed E-state index contributed by atoms with van der Waals surface area (Å²) in [4.78, 5) is 12.0. The Morgan fingerprint density at radius 1 is 1.26 bits per heavy atom. The van der Waals surface area contributed by atoms with Gasteiger partial charge in [-0.1, -0.05) is 19.1 Å². The Morgan fingerprint density at radius 3 is 2.57 bits per heavy atom. The highest BCUT2D eigenvalue weighted by atomic mass is 16.5. The first-order chi connectivity index (χ1) is 10.8. The molecule has 1 rings (SSSR count). The third kappa shape index (κ3) is 7.48. The van der Waals surface area contributed by atoms with Gasteiger partial charge in [-0.15, -0.1) is 0 Å². The summed E-state index contributed by atoms with van der Waals surface area (Å²) in [6.07, 6.45) is 0.487. The summed E-state index contributed by atoms with van der Waals surface area (Å²) in [5, 5.41) is 15.1. The van der Waals surface area contributed by atoms with E-state index < -0.39 is 0 Å². The van der Waals surface area contributed by atoms with Gasteiger partial charge in [-0.2, -0.15) is 0 Å². The Balaban J connectivity index is 2.56. The summed E-state index contributed by atoms with van der Waals surface area (Å²) >= 11 is 0. The van der Waals surface area contributed by atoms with Crippen LogP contribution in [0.1, 0.15) is 45.2 Å². The Morgan fingerprint density at radius 2 is 1.96 bits per heavy atom. The molecule has 0 radical (unpaired) electrons. The van der Waals surface area contributed by atoms with Gasteiger partial charge in [-0.05, 0) is 57.2 Å². The van der Waals surface area contributed by atoms with Crippen molar-refractivity contribution in [2.75, 3.05) is 11.9 Å². The first-order valence-corrected chi connectivity index (χ1v) is 8.22. The van der Waals surface area contributed by atoms with Crippen LogP contribution in [0.3, 0.4) is 0 Å². The second-order valence-electron chi connectivity index (χ2n) is 6.47. The summed E-state index contributed by atoms with van der Waals surface area (Å²) in [7, 11) is 0. The van der Waals surface area contributed by atoms with Crippen LogP contribution in [0.2, 0.25) is 0 Å². The largest absolute Gasteiger partial charge is 0.393 e. The fraction of sp³-hybridized carbons (Fsp3) is 0.611. The third-order valence-electron chi connectivity index (χ3n) is 3.62. The summed E-state index contributed by atoms with van der Waals surface area (Å²) in [5.74, 6) is 0.229. The number of hydrogen-bond acceptors (Lipinski definition) is 3. The Labute approximate surface area is 139 Å². The minimum atomic E-state index is -0.352. The lowest BCUT2D eigenvalue weighted by atomic mass is 10.1. The number of anilines is 1. The number of ether oxygens (including phenoxy) is 1. The maximum Gasteiger partial charge on any atom is 0.319 e. The first-order valence-electron chi connectivity index (χ1n) is 8.22. The van der Waals surface area contributed by atoms with Crippen LogP contribution in [-0.2, 0) is 11.3 Å². The molecule has 2 unspecified atom stereocenters. The van der Waals surface area contributed by atoms with Crippen molar-refractivity contribution < 1.29 is 14.6 Å². The highest BCUT2D eigenvalue weighted by Gasteiger charge is 2.10. The van der Waals surface area contributed by atoms with Crippen LogP contribution < -0.4 is 10.6 Å². The average Bonchev–Trinajstić information content (AvgIpc) is 2.45. The molecule has 2 atom stereocenters. The lowest BCUT2D eigenvalue weighted by molar-refractivity contribution is 0.0654. The van der Waals surface area contributed by atoms with Gasteiger partial charge >= 0.3 is 6.03 Å². The normalized spacial score (nSPS) is 13.7. The van der Waals surface area contributed by atoms with Crippen LogP contribution >= 0.6 is 0 Å². The van der Waals surface area contributed by atoms with E-state index in [0.29, 0.717) is 19.6 Å². The van der Waals surface area contributed by atoms with E-state index >= 15 is 0 Å². The van der Waals surface area contributed by atoms with E-state index in [1.54, 1.807) is 6.92 Å². The molecule has 0 saturated carbocycles. The molecule has 0 heterocycles. The molecule has 5 heteroatoms. The molecule has 0 fully saturated rings. The molecular formula is C18H30N2O3. The molecule has 0 saturated heterocycles. The quantitative estimate of drug-likeness (QED) is 0.686. The van der Waals surface area contributed by atoms with Gasteiger partial charge in [0, 0.05) is 12.2 Å². The molecule has 23 heavy (non-hydrogen) atoms. The highest BCUT2D eigenvalue weighted by molar-refractivity contribution is 5.90. The zero-order valence-electron chi connectivity index (χ0n) is 14.8. The van der Waals surface area contributed by atoms with Crippen molar-refractivity contribution in [3.63, 3.8) is 0 Å². The minimum Gasteiger partial charge on any atom is -0.393 e. The average molecular weight is 322 g/mol. The van der Waals surface area contributed by atoms with Crippen LogP contribution in [0, 0.1) is 12.8 Å². The fourth-order valence-corrected chi connectivity index (χ4v) is 2.33. The van der Waals surface area contributed by atoms with E-state index in [0.717, 1.165) is 16.8 Å². The van der Waals surface area contributed by atoms with Gasteiger partial charge in [-0.25, -0.2) is 4.79 Å². The number of hydrogen-bond donors (Lipinski definition) is 3. The molecule has 0 aromatic heterocycles. The van der Waals surface area contributed by atoms with Gasteiger partial charge in [0.25, 0.3) is 0 Å². The summed E-state index contributed by atoms with van der Waals surface area (Å²) in [6.45, 7) is 10.8. The predicted molar refractivity (Wildman–Crippen MR) is 93.6 cm³/mol. The van der Waals surface area contributed by atoms with Gasteiger partial charge in [-0.3, -0.25) is 0 Å². The van der Waals surface area contributed by atoms with Gasteiger partial charge in [0.1, 0.15) is 0 Å². The molecular weight excluding hydrogens is 292 g/mol. The molecule has 0 aliphatic heterocycles. The Bertz CT molecular complexity index is 501. The van der Waals surface area contributed by atoms with Crippen LogP contribution in [0.5, 0.6) is 0 Å². The smallest absolute Gasteiger partial charge is 0.319 e. The van der Waals surface area contributed by atoms with Gasteiger partial charge in [0.15, 0.2) is 0 Å². The molecule has 0 spiro atoms. The lowest BCUT2D eigenvalue weighted by Gasteiger charge is -2.16. The zero-order valence-corrected chi connectivity index (χ0v) is 14.8. The molecule has 130 valence electrons. The second-order valence-corrected chi connectivity index (χ2v) is 6.47. The van der Waals surface area contributed by atoms with Crippen LogP contribution in [0.4, 0.5) is 10.5 Å². The van der Waals surface area contributed by atoms with E-state index in [4.69, 9.17) is 4.74 Å². The topological polar surface area (TPSA) is 70.6 Å². The summed E-state index contributed by atoms with van der Waals surface area (Å²) in [5.41, 5.74) is 2.87. The van der Waals surface area contributed by atoms with Crippen molar-refractivity contribution in [3.8, 4) is 0 Å². The van der Waals surface area contributed by atoms with Crippen LogP contribution in [-0.4, -0.2) is 29.9 Å². The van der Waals surface area contributed by atoms with Crippen molar-refractivity contribution in [2.45, 2.75) is 59.9 Å². The predicted octanol–water partition coefficient (Wildman–Crippen LogP) is 3.45. The zero-order chi connectivity index (χ0) is 17.4.